The second-order valence-corrected chi connectivity index (χ2v) is 13.2. The van der Waals surface area contributed by atoms with Crippen LogP contribution in [0.4, 0.5) is 11.6 Å². The molecule has 1 N–H and O–H groups in total. The van der Waals surface area contributed by atoms with Crippen molar-refractivity contribution in [2.45, 2.75) is 25.9 Å². The first-order valence-electron chi connectivity index (χ1n) is 16.7. The smallest absolute Gasteiger partial charge is 0.267 e. The van der Waals surface area contributed by atoms with E-state index in [1.165, 1.54) is 34.9 Å². The number of hydrogen-bond acceptors (Lipinski definition) is 8. The van der Waals surface area contributed by atoms with Crippen LogP contribution in [0.1, 0.15) is 43.2 Å². The number of morpholine rings is 1. The molecule has 2 aromatic heterocycles. The summed E-state index contributed by atoms with van der Waals surface area (Å²) in [6.45, 7) is 6.02. The van der Waals surface area contributed by atoms with Crippen LogP contribution >= 0.6 is 11.6 Å². The fourth-order valence-electron chi connectivity index (χ4n) is 6.88. The topological polar surface area (TPSA) is 128 Å². The summed E-state index contributed by atoms with van der Waals surface area (Å²) in [5.41, 5.74) is 5.53. The number of ether oxygens (including phenoxy) is 1. The highest BCUT2D eigenvalue weighted by Gasteiger charge is 2.34. The van der Waals surface area contributed by atoms with Gasteiger partial charge in [0.05, 0.1) is 24.5 Å². The lowest BCUT2D eigenvalue weighted by Gasteiger charge is -2.40. The van der Waals surface area contributed by atoms with E-state index in [4.69, 9.17) is 16.3 Å². The highest BCUT2D eigenvalue weighted by atomic mass is 35.5. The molecule has 0 bridgehead atoms. The Morgan fingerprint density at radius 2 is 1.76 bits per heavy atom. The average molecular weight is 702 g/mol. The van der Waals surface area contributed by atoms with Gasteiger partial charge < -0.3 is 19.3 Å². The zero-order chi connectivity index (χ0) is 35.6. The van der Waals surface area contributed by atoms with E-state index < -0.39 is 5.91 Å². The molecule has 11 nitrogen and oxygen atoms in total. The molecule has 12 heteroatoms. The first-order chi connectivity index (χ1) is 24.7. The van der Waals surface area contributed by atoms with Gasteiger partial charge in [-0.1, -0.05) is 35.9 Å². The Kier molecular flexibility index (Phi) is 9.56. The normalized spacial score (nSPS) is 16.0. The molecule has 0 spiro atoms. The van der Waals surface area contributed by atoms with Gasteiger partial charge in [-0.3, -0.25) is 14.5 Å². The van der Waals surface area contributed by atoms with E-state index in [-0.39, 0.29) is 29.3 Å². The summed E-state index contributed by atoms with van der Waals surface area (Å²) in [6, 6.07) is 24.8. The number of phenols is 1. The fraction of sp³-hybridized carbons (Fsp3) is 0.256. The number of rotatable bonds is 7. The molecule has 258 valence electrons. The molecule has 0 unspecified atom stereocenters. The van der Waals surface area contributed by atoms with Gasteiger partial charge in [0.25, 0.3) is 11.8 Å². The third kappa shape index (κ3) is 6.81. The molecule has 4 heterocycles. The van der Waals surface area contributed by atoms with E-state index in [1.807, 2.05) is 41.6 Å². The van der Waals surface area contributed by atoms with Crippen LogP contribution in [0.15, 0.2) is 85.1 Å². The van der Waals surface area contributed by atoms with Crippen LogP contribution in [-0.2, 0) is 24.8 Å². The third-order valence-corrected chi connectivity index (χ3v) is 9.95. The number of aromatic hydroxyl groups is 1. The number of nitriles is 1. The van der Waals surface area contributed by atoms with Crippen molar-refractivity contribution in [3.63, 3.8) is 0 Å². The van der Waals surface area contributed by atoms with Crippen molar-refractivity contribution < 1.29 is 19.4 Å². The van der Waals surface area contributed by atoms with Crippen LogP contribution in [-0.4, -0.2) is 80.1 Å². The van der Waals surface area contributed by atoms with Crippen molar-refractivity contribution in [2.75, 3.05) is 37.7 Å². The van der Waals surface area contributed by atoms with Crippen molar-refractivity contribution in [1.29, 1.82) is 5.26 Å². The lowest BCUT2D eigenvalue weighted by Crippen LogP contribution is -2.52. The van der Waals surface area contributed by atoms with Crippen LogP contribution < -0.4 is 4.90 Å². The summed E-state index contributed by atoms with van der Waals surface area (Å²) < 4.78 is 7.46. The molecule has 2 amide bonds. The molecule has 0 aliphatic carbocycles. The Morgan fingerprint density at radius 3 is 2.51 bits per heavy atom. The van der Waals surface area contributed by atoms with Gasteiger partial charge in [-0.15, -0.1) is 0 Å². The lowest BCUT2D eigenvalue weighted by molar-refractivity contribution is 0.0193. The highest BCUT2D eigenvalue weighted by Crippen LogP contribution is 2.35. The first-order valence-corrected chi connectivity index (χ1v) is 17.1. The maximum absolute atomic E-state index is 14.8. The van der Waals surface area contributed by atoms with Gasteiger partial charge >= 0.3 is 0 Å². The number of amides is 2. The summed E-state index contributed by atoms with van der Waals surface area (Å²) in [5.74, 6) is -0.541. The molecule has 51 heavy (non-hydrogen) atoms. The molecule has 2 aliphatic rings. The molecule has 1 saturated heterocycles. The van der Waals surface area contributed by atoms with Gasteiger partial charge in [0.15, 0.2) is 0 Å². The summed E-state index contributed by atoms with van der Waals surface area (Å²) in [7, 11) is 1.84. The Labute approximate surface area is 300 Å². The van der Waals surface area contributed by atoms with Gasteiger partial charge in [0, 0.05) is 73.0 Å². The van der Waals surface area contributed by atoms with Crippen molar-refractivity contribution in [3.05, 3.63) is 124 Å². The van der Waals surface area contributed by atoms with Gasteiger partial charge in [-0.2, -0.15) is 5.26 Å². The molecule has 0 radical (unpaired) electrons. The van der Waals surface area contributed by atoms with Crippen molar-refractivity contribution >= 4 is 35.1 Å². The maximum Gasteiger partial charge on any atom is 0.267 e. The minimum atomic E-state index is -0.455. The highest BCUT2D eigenvalue weighted by molar-refractivity contribution is 6.31. The maximum atomic E-state index is 14.8. The van der Waals surface area contributed by atoms with Crippen molar-refractivity contribution in [3.8, 4) is 23.1 Å². The summed E-state index contributed by atoms with van der Waals surface area (Å²) in [6.07, 6.45) is 2.16. The molecule has 1 atom stereocenters. The molecule has 3 aromatic carbocycles. The van der Waals surface area contributed by atoms with Crippen molar-refractivity contribution in [1.82, 2.24) is 24.3 Å². The number of fused-ring (bicyclic) bond motifs is 1. The van der Waals surface area contributed by atoms with E-state index in [9.17, 15) is 20.0 Å². The van der Waals surface area contributed by atoms with Gasteiger partial charge in [-0.05, 0) is 79.1 Å². The Hall–Kier alpha value is -5.54. The van der Waals surface area contributed by atoms with E-state index in [1.54, 1.807) is 36.4 Å². The molecule has 7 rings (SSSR count). The van der Waals surface area contributed by atoms with Crippen LogP contribution in [0.25, 0.3) is 11.3 Å². The monoisotopic (exact) mass is 701 g/mol. The fourth-order valence-corrected chi connectivity index (χ4v) is 7.05. The number of nitrogens with zero attached hydrogens (tertiary/aromatic N) is 7. The largest absolute Gasteiger partial charge is 0.508 e. The zero-order valence-electron chi connectivity index (χ0n) is 28.3. The van der Waals surface area contributed by atoms with E-state index >= 15 is 0 Å². The van der Waals surface area contributed by atoms with Crippen molar-refractivity contribution in [2.24, 2.45) is 7.05 Å². The third-order valence-electron chi connectivity index (χ3n) is 9.71. The summed E-state index contributed by atoms with van der Waals surface area (Å²) in [5, 5.41) is 19.9. The quantitative estimate of drug-likeness (QED) is 0.222. The minimum absolute atomic E-state index is 0.00450. The summed E-state index contributed by atoms with van der Waals surface area (Å²) in [4.78, 5) is 43.5. The summed E-state index contributed by atoms with van der Waals surface area (Å²) >= 11 is 6.60. The van der Waals surface area contributed by atoms with Crippen LogP contribution in [0, 0.1) is 18.3 Å². The molecular weight excluding hydrogens is 666 g/mol. The molecule has 5 aromatic rings. The SMILES string of the molecule is Cc1c(C(=O)N(c2ccc(O)cc2)c2nccc(C#N)n2)cc(-c2cc(Cl)ccc2C(=O)N2Cc3ccccc3C[C@H]2CN2CCOCC2)n1C. The predicted octanol–water partition coefficient (Wildman–Crippen LogP) is 5.90. The van der Waals surface area contributed by atoms with E-state index in [0.717, 1.165) is 31.6 Å². The zero-order valence-corrected chi connectivity index (χ0v) is 29.0. The number of halogens is 1. The number of carbonyl (C=O) groups excluding carboxylic acids is 2. The Balaban J connectivity index is 1.28. The van der Waals surface area contributed by atoms with Crippen LogP contribution in [0.5, 0.6) is 5.75 Å². The second kappa shape index (κ2) is 14.4. The number of carbonyl (C=O) groups is 2. The number of anilines is 2. The minimum Gasteiger partial charge on any atom is -0.508 e. The Morgan fingerprint density at radius 1 is 1.02 bits per heavy atom. The Bertz CT molecular complexity index is 2150. The molecule has 0 saturated carbocycles. The number of hydrogen-bond donors (Lipinski definition) is 1. The van der Waals surface area contributed by atoms with E-state index in [2.05, 4.69) is 27.0 Å². The molecule has 2 aliphatic heterocycles. The standard InChI is InChI=1S/C39H36ClN7O4/c1-25-34(38(50)47(30-8-10-32(48)11-9-30)39-42-14-13-29(22-41)43-39)21-36(44(25)2)35-20-28(40)7-12-33(35)37(49)46-23-27-6-4-3-5-26(27)19-31(46)24-45-15-17-51-18-16-45/h3-14,20-21,31,48H,15-19,23-24H2,1-2H3/t31-/m0/s1. The van der Waals surface area contributed by atoms with Gasteiger partial charge in [0.2, 0.25) is 5.95 Å². The first kappa shape index (κ1) is 33.9. The molecular formula is C39H36ClN7O4. The second-order valence-electron chi connectivity index (χ2n) is 12.8. The average Bonchev–Trinajstić information content (AvgIpc) is 3.45. The van der Waals surface area contributed by atoms with Gasteiger partial charge in [-0.25, -0.2) is 14.9 Å². The molecule has 1 fully saturated rings. The van der Waals surface area contributed by atoms with Crippen LogP contribution in [0.3, 0.4) is 0 Å². The number of phenolic OH excluding ortho intramolecular Hbond substituents is 1. The van der Waals surface area contributed by atoms with Gasteiger partial charge in [0.1, 0.15) is 17.5 Å². The van der Waals surface area contributed by atoms with E-state index in [0.29, 0.717) is 58.5 Å². The number of aromatic nitrogens is 3. The lowest BCUT2D eigenvalue weighted by atomic mass is 9.92. The number of benzene rings is 3. The van der Waals surface area contributed by atoms with Crippen LogP contribution in [0.2, 0.25) is 5.02 Å². The predicted molar refractivity (Wildman–Crippen MR) is 193 cm³/mol.